The molecule has 126 valence electrons. The van der Waals surface area contributed by atoms with Crippen LogP contribution < -0.4 is 5.32 Å². The zero-order chi connectivity index (χ0) is 16.4. The van der Waals surface area contributed by atoms with E-state index < -0.39 is 5.60 Å². The van der Waals surface area contributed by atoms with Gasteiger partial charge in [-0.2, -0.15) is 0 Å². The average Bonchev–Trinajstić information content (AvgIpc) is 3.07. The van der Waals surface area contributed by atoms with Gasteiger partial charge in [0.25, 0.3) is 0 Å². The summed E-state index contributed by atoms with van der Waals surface area (Å²) in [6.45, 7) is 2.68. The van der Waals surface area contributed by atoms with Crippen molar-refractivity contribution >= 4 is 5.91 Å². The zero-order valence-corrected chi connectivity index (χ0v) is 14.2. The van der Waals surface area contributed by atoms with Crippen LogP contribution >= 0.6 is 0 Å². The Balaban J connectivity index is 1.85. The molecule has 4 heteroatoms. The molecule has 0 bridgehead atoms. The minimum atomic E-state index is -0.888. The molecular formula is C19H28N2O2. The first-order valence-electron chi connectivity index (χ1n) is 8.77. The maximum absolute atomic E-state index is 12.6. The number of carbonyl (C=O) groups is 1. The van der Waals surface area contributed by atoms with Crippen LogP contribution in [0.4, 0.5) is 0 Å². The van der Waals surface area contributed by atoms with Crippen molar-refractivity contribution in [3.05, 3.63) is 35.9 Å². The molecule has 2 N–H and O–H groups in total. The Labute approximate surface area is 138 Å². The molecular weight excluding hydrogens is 288 g/mol. The van der Waals surface area contributed by atoms with Crippen molar-refractivity contribution in [3.63, 3.8) is 0 Å². The van der Waals surface area contributed by atoms with Crippen molar-refractivity contribution in [2.75, 3.05) is 13.6 Å². The molecule has 3 rings (SSSR count). The molecule has 3 unspecified atom stereocenters. The van der Waals surface area contributed by atoms with Gasteiger partial charge in [-0.05, 0) is 38.8 Å². The zero-order valence-electron chi connectivity index (χ0n) is 14.2. The third-order valence-electron chi connectivity index (χ3n) is 5.60. The van der Waals surface area contributed by atoms with Crippen LogP contribution in [0.25, 0.3) is 0 Å². The molecule has 1 aromatic carbocycles. The van der Waals surface area contributed by atoms with Crippen LogP contribution in [0.2, 0.25) is 0 Å². The van der Waals surface area contributed by atoms with E-state index in [1.807, 2.05) is 25.1 Å². The summed E-state index contributed by atoms with van der Waals surface area (Å²) in [5.41, 5.74) is 0.257. The summed E-state index contributed by atoms with van der Waals surface area (Å²) < 4.78 is 0. The van der Waals surface area contributed by atoms with Crippen molar-refractivity contribution in [1.29, 1.82) is 0 Å². The van der Waals surface area contributed by atoms with Gasteiger partial charge in [-0.1, -0.05) is 43.2 Å². The first-order valence-corrected chi connectivity index (χ1v) is 8.77. The van der Waals surface area contributed by atoms with Gasteiger partial charge in [0.15, 0.2) is 0 Å². The fraction of sp³-hybridized carbons (Fsp3) is 0.632. The molecule has 2 fully saturated rings. The lowest BCUT2D eigenvalue weighted by atomic mass is 9.79. The van der Waals surface area contributed by atoms with Crippen LogP contribution in [-0.4, -0.2) is 41.1 Å². The van der Waals surface area contributed by atoms with Crippen LogP contribution in [-0.2, 0) is 4.79 Å². The molecule has 3 atom stereocenters. The second kappa shape index (κ2) is 6.62. The first kappa shape index (κ1) is 16.5. The monoisotopic (exact) mass is 316 g/mol. The number of benzene rings is 1. The van der Waals surface area contributed by atoms with Crippen molar-refractivity contribution in [1.82, 2.24) is 10.2 Å². The summed E-state index contributed by atoms with van der Waals surface area (Å²) in [6, 6.07) is 9.91. The standard InChI is InChI=1S/C19H28N2O2/c1-19(23)12-13-21(2)16(14-8-4-3-5-9-14)17(19)20-18(22)15-10-6-7-11-15/h3-5,8-9,15-17,23H,6-7,10-13H2,1-2H3,(H,20,22). The first-order chi connectivity index (χ1) is 11.0. The van der Waals surface area contributed by atoms with Gasteiger partial charge in [0.05, 0.1) is 17.7 Å². The van der Waals surface area contributed by atoms with Crippen LogP contribution in [0.3, 0.4) is 0 Å². The predicted octanol–water partition coefficient (Wildman–Crippen LogP) is 2.49. The quantitative estimate of drug-likeness (QED) is 0.901. The Bertz CT molecular complexity index is 538. The Kier molecular flexibility index (Phi) is 4.74. The van der Waals surface area contributed by atoms with Crippen LogP contribution in [0.5, 0.6) is 0 Å². The lowest BCUT2D eigenvalue weighted by molar-refractivity contribution is -0.131. The molecule has 1 aromatic rings. The SMILES string of the molecule is CN1CCC(C)(O)C(NC(=O)C2CCCC2)C1c1ccccc1. The lowest BCUT2D eigenvalue weighted by Gasteiger charge is -2.48. The topological polar surface area (TPSA) is 52.6 Å². The molecule has 23 heavy (non-hydrogen) atoms. The lowest BCUT2D eigenvalue weighted by Crippen LogP contribution is -2.62. The van der Waals surface area contributed by atoms with Crippen LogP contribution in [0, 0.1) is 5.92 Å². The Morgan fingerprint density at radius 1 is 1.26 bits per heavy atom. The van der Waals surface area contributed by atoms with Gasteiger partial charge >= 0.3 is 0 Å². The number of amides is 1. The number of likely N-dealkylation sites (tertiary alicyclic amines) is 1. The number of rotatable bonds is 3. The van der Waals surface area contributed by atoms with Gasteiger partial charge in [-0.25, -0.2) is 0 Å². The third kappa shape index (κ3) is 3.43. The van der Waals surface area contributed by atoms with E-state index in [9.17, 15) is 9.90 Å². The average molecular weight is 316 g/mol. The van der Waals surface area contributed by atoms with Crippen LogP contribution in [0.1, 0.15) is 50.6 Å². The summed E-state index contributed by atoms with van der Waals surface area (Å²) in [7, 11) is 2.07. The van der Waals surface area contributed by atoms with E-state index in [-0.39, 0.29) is 23.9 Å². The largest absolute Gasteiger partial charge is 0.388 e. The van der Waals surface area contributed by atoms with Gasteiger partial charge < -0.3 is 10.4 Å². The minimum Gasteiger partial charge on any atom is -0.388 e. The van der Waals surface area contributed by atoms with Crippen molar-refractivity contribution in [2.24, 2.45) is 5.92 Å². The fourth-order valence-corrected chi connectivity index (χ4v) is 4.08. The summed E-state index contributed by atoms with van der Waals surface area (Å²) in [4.78, 5) is 14.9. The molecule has 0 aromatic heterocycles. The highest BCUT2D eigenvalue weighted by Gasteiger charge is 2.45. The van der Waals surface area contributed by atoms with E-state index >= 15 is 0 Å². The minimum absolute atomic E-state index is 0.00491. The number of hydrogen-bond donors (Lipinski definition) is 2. The number of aliphatic hydroxyl groups is 1. The number of hydrogen-bond acceptors (Lipinski definition) is 3. The fourth-order valence-electron chi connectivity index (χ4n) is 4.08. The highest BCUT2D eigenvalue weighted by molar-refractivity contribution is 5.79. The number of carbonyl (C=O) groups excluding carboxylic acids is 1. The summed E-state index contributed by atoms with van der Waals surface area (Å²) >= 11 is 0. The van der Waals surface area contributed by atoms with Crippen molar-refractivity contribution in [2.45, 2.75) is 56.7 Å². The molecule has 1 amide bonds. The molecule has 4 nitrogen and oxygen atoms in total. The molecule has 1 aliphatic heterocycles. The summed E-state index contributed by atoms with van der Waals surface area (Å²) in [5, 5.41) is 14.1. The number of nitrogens with one attached hydrogen (secondary N) is 1. The number of nitrogens with zero attached hydrogens (tertiary/aromatic N) is 1. The molecule has 1 saturated heterocycles. The third-order valence-corrected chi connectivity index (χ3v) is 5.60. The Morgan fingerprint density at radius 2 is 1.91 bits per heavy atom. The maximum Gasteiger partial charge on any atom is 0.223 e. The predicted molar refractivity (Wildman–Crippen MR) is 90.9 cm³/mol. The maximum atomic E-state index is 12.6. The van der Waals surface area contributed by atoms with E-state index in [1.54, 1.807) is 0 Å². The molecule has 1 aliphatic carbocycles. The molecule has 1 saturated carbocycles. The van der Waals surface area contributed by atoms with E-state index in [1.165, 1.54) is 0 Å². The van der Waals surface area contributed by atoms with Gasteiger partial charge in [0, 0.05) is 12.5 Å². The van der Waals surface area contributed by atoms with Crippen molar-refractivity contribution < 1.29 is 9.90 Å². The molecule has 0 radical (unpaired) electrons. The Morgan fingerprint density at radius 3 is 2.57 bits per heavy atom. The van der Waals surface area contributed by atoms with Gasteiger partial charge in [0.2, 0.25) is 5.91 Å². The normalized spacial score (nSPS) is 32.8. The van der Waals surface area contributed by atoms with E-state index in [2.05, 4.69) is 29.4 Å². The van der Waals surface area contributed by atoms with E-state index in [0.717, 1.165) is 37.8 Å². The van der Waals surface area contributed by atoms with E-state index in [0.29, 0.717) is 6.42 Å². The summed E-state index contributed by atoms with van der Waals surface area (Å²) in [6.07, 6.45) is 4.91. The van der Waals surface area contributed by atoms with Crippen molar-refractivity contribution in [3.8, 4) is 0 Å². The second-order valence-corrected chi connectivity index (χ2v) is 7.41. The number of likely N-dealkylation sites (N-methyl/N-ethyl adjacent to an activating group) is 1. The highest BCUT2D eigenvalue weighted by Crippen LogP contribution is 2.36. The molecule has 1 heterocycles. The Hall–Kier alpha value is -1.39. The van der Waals surface area contributed by atoms with E-state index in [4.69, 9.17) is 0 Å². The molecule has 0 spiro atoms. The van der Waals surface area contributed by atoms with Gasteiger partial charge in [-0.15, -0.1) is 0 Å². The molecule has 2 aliphatic rings. The highest BCUT2D eigenvalue weighted by atomic mass is 16.3. The summed E-state index contributed by atoms with van der Waals surface area (Å²) in [5.74, 6) is 0.235. The number of piperidine rings is 1. The second-order valence-electron chi connectivity index (χ2n) is 7.41. The van der Waals surface area contributed by atoms with Gasteiger partial charge in [0.1, 0.15) is 0 Å². The van der Waals surface area contributed by atoms with Crippen LogP contribution in [0.15, 0.2) is 30.3 Å². The van der Waals surface area contributed by atoms with Gasteiger partial charge in [-0.3, -0.25) is 9.69 Å². The smallest absolute Gasteiger partial charge is 0.223 e.